The molecule has 0 saturated carbocycles. The summed E-state index contributed by atoms with van der Waals surface area (Å²) in [4.78, 5) is 37.7. The summed E-state index contributed by atoms with van der Waals surface area (Å²) in [6.45, 7) is 6.23. The minimum absolute atomic E-state index is 0.111. The molecule has 73 heavy (non-hydrogen) atoms. The third-order valence-electron chi connectivity index (χ3n) is 11.2. The van der Waals surface area contributed by atoms with Crippen molar-refractivity contribution >= 4 is 17.9 Å². The van der Waals surface area contributed by atoms with Crippen molar-refractivity contribution in [2.45, 2.75) is 219 Å². The molecule has 0 N–H and O–H groups in total. The van der Waals surface area contributed by atoms with Crippen molar-refractivity contribution in [2.75, 3.05) is 13.2 Å². The van der Waals surface area contributed by atoms with Gasteiger partial charge in [-0.05, 0) is 135 Å². The Morgan fingerprint density at radius 1 is 0.288 bits per heavy atom. The van der Waals surface area contributed by atoms with E-state index in [0.29, 0.717) is 19.3 Å². The summed E-state index contributed by atoms with van der Waals surface area (Å²) in [6, 6.07) is 0. The fraction of sp³-hybridized carbons (Fsp3) is 0.537. The molecule has 0 rings (SSSR count). The Hall–Kier alpha value is -5.23. The lowest BCUT2D eigenvalue weighted by Crippen LogP contribution is -2.30. The van der Waals surface area contributed by atoms with Gasteiger partial charge in [0.05, 0.1) is 0 Å². The average Bonchev–Trinajstić information content (AvgIpc) is 3.39. The van der Waals surface area contributed by atoms with Crippen molar-refractivity contribution in [3.63, 3.8) is 0 Å². The molecule has 0 aliphatic heterocycles. The zero-order valence-corrected chi connectivity index (χ0v) is 46.3. The van der Waals surface area contributed by atoms with E-state index in [2.05, 4.69) is 191 Å². The first-order chi connectivity index (χ1) is 36.0. The van der Waals surface area contributed by atoms with E-state index in [1.165, 1.54) is 0 Å². The summed E-state index contributed by atoms with van der Waals surface area (Å²) in [5.41, 5.74) is 0. The van der Waals surface area contributed by atoms with Crippen molar-refractivity contribution in [3.05, 3.63) is 170 Å². The zero-order valence-electron chi connectivity index (χ0n) is 46.3. The highest BCUT2D eigenvalue weighted by atomic mass is 16.6. The Kier molecular flexibility index (Phi) is 55.1. The highest BCUT2D eigenvalue weighted by Crippen LogP contribution is 2.11. The van der Waals surface area contributed by atoms with Crippen LogP contribution in [0.4, 0.5) is 0 Å². The van der Waals surface area contributed by atoms with Crippen molar-refractivity contribution in [2.24, 2.45) is 0 Å². The van der Waals surface area contributed by atoms with Crippen molar-refractivity contribution in [1.82, 2.24) is 0 Å². The van der Waals surface area contributed by atoms with Crippen LogP contribution in [0, 0.1) is 0 Å². The van der Waals surface area contributed by atoms with Gasteiger partial charge in [0.1, 0.15) is 13.2 Å². The quantitative estimate of drug-likeness (QED) is 0.0261. The van der Waals surface area contributed by atoms with Gasteiger partial charge in [0.25, 0.3) is 0 Å². The standard InChI is InChI=1S/C67H102O6/c1-4-7-10-13-15-17-19-21-23-24-25-26-27-28-29-30-31-32-33-34-35-36-37-38-39-40-41-42-44-45-47-49-51-54-57-60-66(69)72-63-64(62-71-65(68)59-56-53-12-9-6-3)73-67(70)61-58-55-52-50-48-46-43-22-20-18-16-14-11-8-5-2/h7-8,10-11,15-18,21-23,25-26,28-29,31-32,34-35,37-38,40-41,43-45,48,50,64H,4-6,9,12-14,19-20,24,27,30,33,36,39,42,46-47,49,51-63H2,1-3H3/b10-7-,11-8-,17-15-,18-16-,23-21-,26-25-,29-28-,32-31-,35-34-,38-37-,41-40-,43-22-,45-44-,50-48-. The van der Waals surface area contributed by atoms with E-state index in [4.69, 9.17) is 14.2 Å². The van der Waals surface area contributed by atoms with E-state index in [1.54, 1.807) is 0 Å². The molecule has 0 aliphatic carbocycles. The van der Waals surface area contributed by atoms with Gasteiger partial charge in [-0.2, -0.15) is 0 Å². The minimum atomic E-state index is -0.814. The van der Waals surface area contributed by atoms with Gasteiger partial charge < -0.3 is 14.2 Å². The van der Waals surface area contributed by atoms with Gasteiger partial charge in [-0.3, -0.25) is 14.4 Å². The van der Waals surface area contributed by atoms with Crippen molar-refractivity contribution < 1.29 is 28.6 Å². The lowest BCUT2D eigenvalue weighted by molar-refractivity contribution is -0.167. The number of carbonyl (C=O) groups is 3. The van der Waals surface area contributed by atoms with Crippen LogP contribution in [0.1, 0.15) is 213 Å². The van der Waals surface area contributed by atoms with Crippen LogP contribution >= 0.6 is 0 Å². The Morgan fingerprint density at radius 2 is 0.534 bits per heavy atom. The Morgan fingerprint density at radius 3 is 0.849 bits per heavy atom. The van der Waals surface area contributed by atoms with Crippen LogP contribution in [-0.4, -0.2) is 37.2 Å². The predicted octanol–water partition coefficient (Wildman–Crippen LogP) is 19.5. The molecule has 0 fully saturated rings. The molecular formula is C67H102O6. The largest absolute Gasteiger partial charge is 0.462 e. The molecular weight excluding hydrogens is 901 g/mol. The lowest BCUT2D eigenvalue weighted by Gasteiger charge is -2.18. The Bertz CT molecular complexity index is 1720. The summed E-state index contributed by atoms with van der Waals surface area (Å²) < 4.78 is 16.6. The molecule has 6 nitrogen and oxygen atoms in total. The summed E-state index contributed by atoms with van der Waals surface area (Å²) in [6.07, 6.45) is 88.3. The van der Waals surface area contributed by atoms with Crippen LogP contribution in [0.25, 0.3) is 0 Å². The first kappa shape index (κ1) is 67.8. The molecule has 406 valence electrons. The number of unbranched alkanes of at least 4 members (excludes halogenated alkanes) is 10. The molecule has 0 radical (unpaired) electrons. The smallest absolute Gasteiger partial charge is 0.306 e. The SMILES string of the molecule is CC/C=C\C/C=C\C/C=C\C/C=C\C/C=C\C/C=C\C/C=C\C/C=C\C/C=C\C/C=C\CCCCCCC(=O)OCC(COC(=O)CCCCCCC)OC(=O)CCCC/C=C\C/C=C\C/C=C\C/C=C\CC. The van der Waals surface area contributed by atoms with Crippen LogP contribution in [0.2, 0.25) is 0 Å². The average molecular weight is 1000 g/mol. The summed E-state index contributed by atoms with van der Waals surface area (Å²) in [5, 5.41) is 0. The molecule has 0 bridgehead atoms. The minimum Gasteiger partial charge on any atom is -0.462 e. The number of hydrogen-bond acceptors (Lipinski definition) is 6. The molecule has 0 aromatic rings. The first-order valence-corrected chi connectivity index (χ1v) is 28.6. The van der Waals surface area contributed by atoms with Gasteiger partial charge in [0.2, 0.25) is 0 Å². The first-order valence-electron chi connectivity index (χ1n) is 28.6. The molecule has 6 heteroatoms. The van der Waals surface area contributed by atoms with Gasteiger partial charge >= 0.3 is 17.9 Å². The third-order valence-corrected chi connectivity index (χ3v) is 11.2. The molecule has 0 heterocycles. The van der Waals surface area contributed by atoms with Gasteiger partial charge in [-0.15, -0.1) is 0 Å². The topological polar surface area (TPSA) is 78.9 Å². The second-order valence-corrected chi connectivity index (χ2v) is 18.1. The number of ether oxygens (including phenoxy) is 3. The van der Waals surface area contributed by atoms with Crippen LogP contribution in [0.3, 0.4) is 0 Å². The van der Waals surface area contributed by atoms with Crippen LogP contribution < -0.4 is 0 Å². The van der Waals surface area contributed by atoms with Crippen LogP contribution in [0.5, 0.6) is 0 Å². The van der Waals surface area contributed by atoms with Gasteiger partial charge in [-0.25, -0.2) is 0 Å². The van der Waals surface area contributed by atoms with E-state index in [0.717, 1.165) is 167 Å². The normalized spacial score (nSPS) is 13.4. The van der Waals surface area contributed by atoms with Crippen LogP contribution in [0.15, 0.2) is 170 Å². The molecule has 0 saturated heterocycles. The Balaban J connectivity index is 4.19. The number of hydrogen-bond donors (Lipinski definition) is 0. The number of rotatable bonds is 49. The lowest BCUT2D eigenvalue weighted by atomic mass is 10.1. The van der Waals surface area contributed by atoms with E-state index in [1.807, 2.05) is 0 Å². The molecule has 1 unspecified atom stereocenters. The second-order valence-electron chi connectivity index (χ2n) is 18.1. The summed E-state index contributed by atoms with van der Waals surface area (Å²) >= 11 is 0. The van der Waals surface area contributed by atoms with Crippen LogP contribution in [-0.2, 0) is 28.6 Å². The third kappa shape index (κ3) is 57.5. The molecule has 0 spiro atoms. The van der Waals surface area contributed by atoms with Crippen molar-refractivity contribution in [1.29, 1.82) is 0 Å². The maximum atomic E-state index is 12.7. The highest BCUT2D eigenvalue weighted by Gasteiger charge is 2.19. The fourth-order valence-corrected chi connectivity index (χ4v) is 6.99. The highest BCUT2D eigenvalue weighted by molar-refractivity contribution is 5.71. The number of allylic oxidation sites excluding steroid dienone is 28. The number of carbonyl (C=O) groups excluding carboxylic acids is 3. The molecule has 0 aromatic carbocycles. The maximum Gasteiger partial charge on any atom is 0.306 e. The van der Waals surface area contributed by atoms with E-state index in [-0.39, 0.29) is 37.5 Å². The maximum absolute atomic E-state index is 12.7. The van der Waals surface area contributed by atoms with E-state index < -0.39 is 6.10 Å². The van der Waals surface area contributed by atoms with Gasteiger partial charge in [0.15, 0.2) is 6.10 Å². The van der Waals surface area contributed by atoms with E-state index >= 15 is 0 Å². The van der Waals surface area contributed by atoms with Gasteiger partial charge in [0, 0.05) is 19.3 Å². The summed E-state index contributed by atoms with van der Waals surface area (Å²) in [5.74, 6) is -1.01. The van der Waals surface area contributed by atoms with E-state index in [9.17, 15) is 14.4 Å². The monoisotopic (exact) mass is 1000 g/mol. The van der Waals surface area contributed by atoms with Crippen molar-refractivity contribution in [3.8, 4) is 0 Å². The fourth-order valence-electron chi connectivity index (χ4n) is 6.99. The molecule has 0 amide bonds. The predicted molar refractivity (Wildman–Crippen MR) is 315 cm³/mol. The molecule has 1 atom stereocenters. The molecule has 0 aliphatic rings. The second kappa shape index (κ2) is 59.3. The molecule has 0 aromatic heterocycles. The zero-order chi connectivity index (χ0) is 52.9. The number of esters is 3. The van der Waals surface area contributed by atoms with Gasteiger partial charge in [-0.1, -0.05) is 229 Å². The summed E-state index contributed by atoms with van der Waals surface area (Å²) in [7, 11) is 0. The Labute approximate surface area is 447 Å².